The number of fused-ring (bicyclic) bond motifs is 1. The van der Waals surface area contributed by atoms with Crippen molar-refractivity contribution in [3.05, 3.63) is 71.0 Å². The van der Waals surface area contributed by atoms with Crippen molar-refractivity contribution in [3.8, 4) is 11.5 Å². The molecular formula is C17H10ClFO3. The molecule has 3 rings (SSSR count). The largest absolute Gasteiger partial charge is 0.505 e. The number of esters is 1. The van der Waals surface area contributed by atoms with Gasteiger partial charge in [-0.2, -0.15) is 0 Å². The normalized spacial score (nSPS) is 10.6. The first-order valence-electron chi connectivity index (χ1n) is 6.44. The third kappa shape index (κ3) is 2.61. The second kappa shape index (κ2) is 5.66. The fourth-order valence-electron chi connectivity index (χ4n) is 2.09. The molecule has 0 aliphatic heterocycles. The number of halogens is 2. The maximum atomic E-state index is 13.8. The van der Waals surface area contributed by atoms with Gasteiger partial charge in [0.25, 0.3) is 0 Å². The number of aromatic hydroxyl groups is 1. The summed E-state index contributed by atoms with van der Waals surface area (Å²) in [5, 5.41) is 10.1. The van der Waals surface area contributed by atoms with Crippen LogP contribution in [0.5, 0.6) is 11.5 Å². The lowest BCUT2D eigenvalue weighted by Gasteiger charge is -2.09. The number of benzene rings is 3. The van der Waals surface area contributed by atoms with E-state index in [9.17, 15) is 14.3 Å². The van der Waals surface area contributed by atoms with Gasteiger partial charge in [0.05, 0.1) is 10.6 Å². The van der Waals surface area contributed by atoms with Crippen LogP contribution in [0.15, 0.2) is 54.6 Å². The predicted molar refractivity (Wildman–Crippen MR) is 82.0 cm³/mol. The Labute approximate surface area is 130 Å². The van der Waals surface area contributed by atoms with Crippen LogP contribution in [-0.4, -0.2) is 11.1 Å². The molecule has 0 bridgehead atoms. The van der Waals surface area contributed by atoms with E-state index in [4.69, 9.17) is 16.3 Å². The Kier molecular flexibility index (Phi) is 3.69. The minimum Gasteiger partial charge on any atom is -0.505 e. The van der Waals surface area contributed by atoms with Crippen LogP contribution in [0.1, 0.15) is 10.4 Å². The molecule has 0 fully saturated rings. The molecule has 0 saturated carbocycles. The lowest BCUT2D eigenvalue weighted by molar-refractivity contribution is 0.0735. The third-order valence-corrected chi connectivity index (χ3v) is 3.49. The zero-order valence-electron chi connectivity index (χ0n) is 11.2. The molecule has 0 aliphatic carbocycles. The summed E-state index contributed by atoms with van der Waals surface area (Å²) in [6, 6.07) is 14.0. The number of phenols is 1. The highest BCUT2D eigenvalue weighted by Gasteiger charge is 2.14. The maximum Gasteiger partial charge on any atom is 0.343 e. The van der Waals surface area contributed by atoms with Crippen LogP contribution in [0, 0.1) is 5.82 Å². The number of hydrogen-bond donors (Lipinski definition) is 1. The molecule has 5 heteroatoms. The van der Waals surface area contributed by atoms with Crippen LogP contribution in [0.3, 0.4) is 0 Å². The van der Waals surface area contributed by atoms with E-state index in [2.05, 4.69) is 0 Å². The summed E-state index contributed by atoms with van der Waals surface area (Å²) in [7, 11) is 0. The van der Waals surface area contributed by atoms with E-state index in [1.165, 1.54) is 24.3 Å². The Balaban J connectivity index is 2.00. The maximum absolute atomic E-state index is 13.8. The van der Waals surface area contributed by atoms with Crippen molar-refractivity contribution in [3.63, 3.8) is 0 Å². The topological polar surface area (TPSA) is 46.5 Å². The summed E-state index contributed by atoms with van der Waals surface area (Å²) in [6.45, 7) is 0. The molecule has 0 aliphatic rings. The van der Waals surface area contributed by atoms with Crippen molar-refractivity contribution in [2.75, 3.05) is 0 Å². The fourth-order valence-corrected chi connectivity index (χ4v) is 2.29. The summed E-state index contributed by atoms with van der Waals surface area (Å²) in [4.78, 5) is 12.0. The highest BCUT2D eigenvalue weighted by molar-refractivity contribution is 6.33. The molecule has 3 nitrogen and oxygen atoms in total. The average Bonchev–Trinajstić information content (AvgIpc) is 2.53. The molecule has 0 radical (unpaired) electrons. The van der Waals surface area contributed by atoms with Gasteiger partial charge in [-0.25, -0.2) is 9.18 Å². The summed E-state index contributed by atoms with van der Waals surface area (Å²) >= 11 is 6.03. The molecule has 0 heterocycles. The minimum absolute atomic E-state index is 0.0845. The van der Waals surface area contributed by atoms with Crippen LogP contribution < -0.4 is 4.74 Å². The lowest BCUT2D eigenvalue weighted by Crippen LogP contribution is -2.08. The zero-order valence-corrected chi connectivity index (χ0v) is 12.0. The standard InChI is InChI=1S/C17H10ClFO3/c18-13-9-12-11(6-7-14(20)16(12)19)8-15(13)22-17(21)10-4-2-1-3-5-10/h1-9,20H. The molecule has 0 unspecified atom stereocenters. The van der Waals surface area contributed by atoms with Crippen molar-refractivity contribution < 1.29 is 19.0 Å². The van der Waals surface area contributed by atoms with E-state index < -0.39 is 17.5 Å². The first-order valence-corrected chi connectivity index (χ1v) is 6.82. The molecule has 3 aromatic rings. The second-order valence-electron chi connectivity index (χ2n) is 4.66. The zero-order chi connectivity index (χ0) is 15.7. The molecule has 1 N–H and O–H groups in total. The molecule has 3 aromatic carbocycles. The third-order valence-electron chi connectivity index (χ3n) is 3.20. The van der Waals surface area contributed by atoms with Crippen molar-refractivity contribution in [1.29, 1.82) is 0 Å². The van der Waals surface area contributed by atoms with E-state index in [1.54, 1.807) is 30.3 Å². The quantitative estimate of drug-likeness (QED) is 0.557. The van der Waals surface area contributed by atoms with Crippen molar-refractivity contribution in [2.24, 2.45) is 0 Å². The Bertz CT molecular complexity index is 863. The summed E-state index contributed by atoms with van der Waals surface area (Å²) in [5.74, 6) is -1.65. The summed E-state index contributed by atoms with van der Waals surface area (Å²) in [5.41, 5.74) is 0.385. The van der Waals surface area contributed by atoms with E-state index >= 15 is 0 Å². The van der Waals surface area contributed by atoms with E-state index in [0.717, 1.165) is 0 Å². The summed E-state index contributed by atoms with van der Waals surface area (Å²) < 4.78 is 19.1. The first-order chi connectivity index (χ1) is 10.6. The van der Waals surface area contributed by atoms with E-state index in [-0.39, 0.29) is 16.2 Å². The van der Waals surface area contributed by atoms with Crippen LogP contribution in [0.2, 0.25) is 5.02 Å². The number of rotatable bonds is 2. The number of carbonyl (C=O) groups is 1. The van der Waals surface area contributed by atoms with Gasteiger partial charge in [0, 0.05) is 5.39 Å². The van der Waals surface area contributed by atoms with Gasteiger partial charge in [-0.3, -0.25) is 0 Å². The van der Waals surface area contributed by atoms with Gasteiger partial charge in [-0.1, -0.05) is 35.9 Å². The van der Waals surface area contributed by atoms with Crippen LogP contribution >= 0.6 is 11.6 Å². The molecule has 110 valence electrons. The molecule has 0 spiro atoms. The Morgan fingerprint density at radius 3 is 2.55 bits per heavy atom. The van der Waals surface area contributed by atoms with Crippen molar-refractivity contribution in [1.82, 2.24) is 0 Å². The Morgan fingerprint density at radius 2 is 1.82 bits per heavy atom. The van der Waals surface area contributed by atoms with Crippen LogP contribution in [-0.2, 0) is 0 Å². The number of carbonyl (C=O) groups excluding carboxylic acids is 1. The SMILES string of the molecule is O=C(Oc1cc2ccc(O)c(F)c2cc1Cl)c1ccccc1. The van der Waals surface area contributed by atoms with Crippen LogP contribution in [0.4, 0.5) is 4.39 Å². The van der Waals surface area contributed by atoms with Gasteiger partial charge in [0.1, 0.15) is 5.75 Å². The predicted octanol–water partition coefficient (Wildman–Crippen LogP) is 4.56. The fraction of sp³-hybridized carbons (Fsp3) is 0. The molecule has 0 aromatic heterocycles. The smallest absolute Gasteiger partial charge is 0.343 e. The molecule has 0 atom stereocenters. The Morgan fingerprint density at radius 1 is 1.09 bits per heavy atom. The highest BCUT2D eigenvalue weighted by atomic mass is 35.5. The average molecular weight is 317 g/mol. The summed E-state index contributed by atoms with van der Waals surface area (Å²) in [6.07, 6.45) is 0. The van der Waals surface area contributed by atoms with Gasteiger partial charge in [0.2, 0.25) is 0 Å². The second-order valence-corrected chi connectivity index (χ2v) is 5.07. The molecule has 22 heavy (non-hydrogen) atoms. The number of ether oxygens (including phenoxy) is 1. The number of hydrogen-bond acceptors (Lipinski definition) is 3. The van der Waals surface area contributed by atoms with Gasteiger partial charge >= 0.3 is 5.97 Å². The van der Waals surface area contributed by atoms with Crippen LogP contribution in [0.25, 0.3) is 10.8 Å². The van der Waals surface area contributed by atoms with E-state index in [0.29, 0.717) is 10.9 Å². The van der Waals surface area contributed by atoms with Gasteiger partial charge in [-0.05, 0) is 35.7 Å². The molecule has 0 amide bonds. The van der Waals surface area contributed by atoms with Crippen molar-refractivity contribution >= 4 is 28.3 Å². The minimum atomic E-state index is -0.764. The monoisotopic (exact) mass is 316 g/mol. The van der Waals surface area contributed by atoms with Crippen molar-refractivity contribution in [2.45, 2.75) is 0 Å². The Hall–Kier alpha value is -2.59. The van der Waals surface area contributed by atoms with E-state index in [1.807, 2.05) is 0 Å². The van der Waals surface area contributed by atoms with Gasteiger partial charge in [-0.15, -0.1) is 0 Å². The highest BCUT2D eigenvalue weighted by Crippen LogP contribution is 2.34. The number of phenolic OH excluding ortho intramolecular Hbond substituents is 1. The van der Waals surface area contributed by atoms with Gasteiger partial charge < -0.3 is 9.84 Å². The molecular weight excluding hydrogens is 307 g/mol. The molecule has 0 saturated heterocycles. The first kappa shape index (κ1) is 14.4. The lowest BCUT2D eigenvalue weighted by atomic mass is 10.1. The van der Waals surface area contributed by atoms with Gasteiger partial charge in [0.15, 0.2) is 11.6 Å².